The molecule has 0 fully saturated rings. The van der Waals surface area contributed by atoms with Crippen LogP contribution in [0.3, 0.4) is 0 Å². The molecule has 0 aliphatic rings. The molecule has 6 heteroatoms. The number of hydrogen-bond acceptors (Lipinski definition) is 4. The van der Waals surface area contributed by atoms with Gasteiger partial charge in [0.05, 0.1) is 5.69 Å². The van der Waals surface area contributed by atoms with E-state index in [1.807, 2.05) is 20.0 Å². The highest BCUT2D eigenvalue weighted by molar-refractivity contribution is 5.33. The Balaban J connectivity index is 2.58. The van der Waals surface area contributed by atoms with Crippen LogP contribution in [0.5, 0.6) is 0 Å². The molecular weight excluding hydrogens is 168 g/mol. The van der Waals surface area contributed by atoms with Crippen LogP contribution in [-0.2, 0) is 7.05 Å². The summed E-state index contributed by atoms with van der Waals surface area (Å²) in [5, 5.41) is 11.6. The highest BCUT2D eigenvalue weighted by Crippen LogP contribution is 2.10. The summed E-state index contributed by atoms with van der Waals surface area (Å²) in [7, 11) is 1.85. The summed E-state index contributed by atoms with van der Waals surface area (Å²) in [5.74, 6) is 1.23. The molecule has 0 amide bonds. The lowest BCUT2D eigenvalue weighted by atomic mass is 10.5. The summed E-state index contributed by atoms with van der Waals surface area (Å²) in [5.41, 5.74) is 6.53. The van der Waals surface area contributed by atoms with Gasteiger partial charge < -0.3 is 5.73 Å². The van der Waals surface area contributed by atoms with E-state index in [0.717, 1.165) is 11.5 Å². The van der Waals surface area contributed by atoms with Gasteiger partial charge >= 0.3 is 0 Å². The van der Waals surface area contributed by atoms with Crippen LogP contribution in [0, 0.1) is 6.92 Å². The largest absolute Gasteiger partial charge is 0.368 e. The van der Waals surface area contributed by atoms with E-state index in [0.29, 0.717) is 5.95 Å². The smallest absolute Gasteiger partial charge is 0.227 e. The molecule has 68 valence electrons. The summed E-state index contributed by atoms with van der Waals surface area (Å²) < 4.78 is 3.41. The Morgan fingerprint density at radius 2 is 2.23 bits per heavy atom. The lowest BCUT2D eigenvalue weighted by Crippen LogP contribution is -2.05. The molecule has 0 saturated carbocycles. The van der Waals surface area contributed by atoms with Crippen LogP contribution in [0.15, 0.2) is 12.4 Å². The molecule has 2 rings (SSSR count). The number of nitrogens with zero attached hydrogens (tertiary/aromatic N) is 5. The predicted octanol–water partition coefficient (Wildman–Crippen LogP) is -0.109. The third-order valence-corrected chi connectivity index (χ3v) is 1.80. The standard InChI is InChI=1S/C7H10N6/c1-5-3-6(12(2)11-5)13-4-9-10-7(13)8/h3-4H,1-2H3,(H2,8,10). The normalized spacial score (nSPS) is 10.6. The van der Waals surface area contributed by atoms with Crippen molar-refractivity contribution < 1.29 is 0 Å². The first-order valence-corrected chi connectivity index (χ1v) is 3.85. The second-order valence-corrected chi connectivity index (χ2v) is 2.83. The van der Waals surface area contributed by atoms with Gasteiger partial charge in [-0.05, 0) is 6.92 Å². The fraction of sp³-hybridized carbons (Fsp3) is 0.286. The molecule has 6 nitrogen and oxygen atoms in total. The predicted molar refractivity (Wildman–Crippen MR) is 47.3 cm³/mol. The molecule has 0 radical (unpaired) electrons. The van der Waals surface area contributed by atoms with E-state index in [4.69, 9.17) is 5.73 Å². The van der Waals surface area contributed by atoms with Crippen LogP contribution >= 0.6 is 0 Å². The fourth-order valence-electron chi connectivity index (χ4n) is 1.24. The number of nitrogens with two attached hydrogens (primary N) is 1. The van der Waals surface area contributed by atoms with Gasteiger partial charge in [-0.2, -0.15) is 5.10 Å². The molecule has 13 heavy (non-hydrogen) atoms. The molecule has 0 atom stereocenters. The van der Waals surface area contributed by atoms with Crippen molar-refractivity contribution >= 4 is 5.95 Å². The molecule has 0 spiro atoms. The van der Waals surface area contributed by atoms with Gasteiger partial charge in [0.1, 0.15) is 12.1 Å². The Hall–Kier alpha value is -1.85. The van der Waals surface area contributed by atoms with Crippen LogP contribution < -0.4 is 5.73 Å². The molecular formula is C7H10N6. The zero-order valence-corrected chi connectivity index (χ0v) is 7.47. The minimum absolute atomic E-state index is 0.364. The van der Waals surface area contributed by atoms with E-state index in [2.05, 4.69) is 15.3 Å². The molecule has 0 bridgehead atoms. The molecule has 0 aromatic carbocycles. The minimum Gasteiger partial charge on any atom is -0.368 e. The van der Waals surface area contributed by atoms with Gasteiger partial charge in [-0.1, -0.05) is 0 Å². The first-order chi connectivity index (χ1) is 6.18. The monoisotopic (exact) mass is 178 g/mol. The Morgan fingerprint density at radius 3 is 2.69 bits per heavy atom. The van der Waals surface area contributed by atoms with Crippen LogP contribution in [0.4, 0.5) is 5.95 Å². The van der Waals surface area contributed by atoms with Crippen molar-refractivity contribution in [3.8, 4) is 5.82 Å². The molecule has 2 aromatic rings. The van der Waals surface area contributed by atoms with Gasteiger partial charge in [0.15, 0.2) is 0 Å². The number of rotatable bonds is 1. The summed E-state index contributed by atoms with van der Waals surface area (Å²) >= 11 is 0. The average molecular weight is 178 g/mol. The van der Waals surface area contributed by atoms with Crippen molar-refractivity contribution in [1.29, 1.82) is 0 Å². The van der Waals surface area contributed by atoms with Crippen molar-refractivity contribution in [3.05, 3.63) is 18.1 Å². The van der Waals surface area contributed by atoms with E-state index >= 15 is 0 Å². The van der Waals surface area contributed by atoms with E-state index in [9.17, 15) is 0 Å². The summed E-state index contributed by atoms with van der Waals surface area (Å²) in [6, 6.07) is 1.92. The number of aromatic nitrogens is 5. The van der Waals surface area contributed by atoms with Crippen molar-refractivity contribution in [2.45, 2.75) is 6.92 Å². The highest BCUT2D eigenvalue weighted by Gasteiger charge is 2.07. The van der Waals surface area contributed by atoms with E-state index in [1.165, 1.54) is 0 Å². The summed E-state index contributed by atoms with van der Waals surface area (Å²) in [4.78, 5) is 0. The van der Waals surface area contributed by atoms with E-state index < -0.39 is 0 Å². The second kappa shape index (κ2) is 2.58. The number of anilines is 1. The maximum atomic E-state index is 5.60. The third-order valence-electron chi connectivity index (χ3n) is 1.80. The number of hydrogen-bond donors (Lipinski definition) is 1. The Kier molecular flexibility index (Phi) is 1.54. The fourth-order valence-corrected chi connectivity index (χ4v) is 1.24. The maximum Gasteiger partial charge on any atom is 0.227 e. The minimum atomic E-state index is 0.364. The van der Waals surface area contributed by atoms with Crippen molar-refractivity contribution in [2.24, 2.45) is 7.05 Å². The third kappa shape index (κ3) is 1.16. The maximum absolute atomic E-state index is 5.60. The van der Waals surface area contributed by atoms with Gasteiger partial charge in [0.2, 0.25) is 5.95 Å². The van der Waals surface area contributed by atoms with Gasteiger partial charge in [-0.3, -0.25) is 9.25 Å². The zero-order chi connectivity index (χ0) is 9.42. The van der Waals surface area contributed by atoms with Crippen molar-refractivity contribution in [1.82, 2.24) is 24.5 Å². The van der Waals surface area contributed by atoms with Crippen LogP contribution in [0.2, 0.25) is 0 Å². The van der Waals surface area contributed by atoms with Gasteiger partial charge in [-0.25, -0.2) is 0 Å². The van der Waals surface area contributed by atoms with E-state index in [1.54, 1.807) is 15.6 Å². The SMILES string of the molecule is Cc1cc(-n2cnnc2N)n(C)n1. The lowest BCUT2D eigenvalue weighted by molar-refractivity contribution is 0.724. The Bertz CT molecular complexity index is 426. The lowest BCUT2D eigenvalue weighted by Gasteiger charge is -2.01. The quantitative estimate of drug-likeness (QED) is 0.661. The molecule has 0 aliphatic carbocycles. The second-order valence-electron chi connectivity index (χ2n) is 2.83. The van der Waals surface area contributed by atoms with Gasteiger partial charge in [0, 0.05) is 13.1 Å². The molecule has 0 aliphatic heterocycles. The molecule has 2 aromatic heterocycles. The Morgan fingerprint density at radius 1 is 1.46 bits per heavy atom. The summed E-state index contributed by atoms with van der Waals surface area (Å²) in [6.45, 7) is 1.92. The highest BCUT2D eigenvalue weighted by atomic mass is 15.4. The molecule has 0 unspecified atom stereocenters. The van der Waals surface area contributed by atoms with Crippen LogP contribution in [0.25, 0.3) is 5.82 Å². The van der Waals surface area contributed by atoms with Gasteiger partial charge in [0.25, 0.3) is 0 Å². The molecule has 2 heterocycles. The molecule has 0 saturated heterocycles. The first-order valence-electron chi connectivity index (χ1n) is 3.85. The zero-order valence-electron chi connectivity index (χ0n) is 7.47. The molecule has 2 N–H and O–H groups in total. The number of aryl methyl sites for hydroxylation is 2. The van der Waals surface area contributed by atoms with Gasteiger partial charge in [-0.15, -0.1) is 10.2 Å². The number of nitrogen functional groups attached to an aromatic ring is 1. The average Bonchev–Trinajstić information content (AvgIpc) is 2.58. The first kappa shape index (κ1) is 7.78. The van der Waals surface area contributed by atoms with Crippen LogP contribution in [0.1, 0.15) is 5.69 Å². The van der Waals surface area contributed by atoms with Crippen LogP contribution in [-0.4, -0.2) is 24.5 Å². The van der Waals surface area contributed by atoms with Crippen molar-refractivity contribution in [3.63, 3.8) is 0 Å². The summed E-state index contributed by atoms with van der Waals surface area (Å²) in [6.07, 6.45) is 1.56. The van der Waals surface area contributed by atoms with E-state index in [-0.39, 0.29) is 0 Å². The Labute approximate surface area is 75.0 Å². The van der Waals surface area contributed by atoms with Crippen molar-refractivity contribution in [2.75, 3.05) is 5.73 Å². The topological polar surface area (TPSA) is 74.6 Å².